The SMILES string of the molecule is O=C1NC(=Nc2ccccc2Cl)S/C1=C/c1cc(Br)c(Oc2ccc(C(F)(F)F)cc2[N+](=O)[O-])c(Br)c1. The summed E-state index contributed by atoms with van der Waals surface area (Å²) in [6.45, 7) is 0. The molecule has 0 radical (unpaired) electrons. The van der Waals surface area contributed by atoms with E-state index >= 15 is 0 Å². The Bertz CT molecular complexity index is 1480. The molecular formula is C23H11Br2ClF3N3O4S. The summed E-state index contributed by atoms with van der Waals surface area (Å²) in [6.07, 6.45) is -3.16. The van der Waals surface area contributed by atoms with Crippen molar-refractivity contribution in [1.82, 2.24) is 5.32 Å². The number of nitro benzene ring substituents is 1. The average Bonchev–Trinajstić information content (AvgIpc) is 3.15. The number of benzene rings is 3. The van der Waals surface area contributed by atoms with Gasteiger partial charge in [-0.15, -0.1) is 0 Å². The normalized spacial score (nSPS) is 15.8. The van der Waals surface area contributed by atoms with E-state index in [1.807, 2.05) is 0 Å². The topological polar surface area (TPSA) is 93.8 Å². The van der Waals surface area contributed by atoms with E-state index in [9.17, 15) is 28.1 Å². The van der Waals surface area contributed by atoms with Gasteiger partial charge in [-0.1, -0.05) is 23.7 Å². The number of halogens is 6. The third kappa shape index (κ3) is 6.35. The molecular weight excluding hydrogens is 667 g/mol. The number of hydrogen-bond donors (Lipinski definition) is 1. The minimum absolute atomic E-state index is 0.0921. The summed E-state index contributed by atoms with van der Waals surface area (Å²) in [7, 11) is 0. The van der Waals surface area contributed by atoms with Crippen molar-refractivity contribution >= 4 is 83.7 Å². The summed E-state index contributed by atoms with van der Waals surface area (Å²) in [5.41, 5.74) is -0.956. The average molecular weight is 678 g/mol. The number of nitrogens with zero attached hydrogens (tertiary/aromatic N) is 2. The van der Waals surface area contributed by atoms with Gasteiger partial charge in [-0.2, -0.15) is 13.2 Å². The van der Waals surface area contributed by atoms with E-state index in [1.165, 1.54) is 0 Å². The zero-order valence-corrected chi connectivity index (χ0v) is 22.7. The molecule has 7 nitrogen and oxygen atoms in total. The van der Waals surface area contributed by atoms with Crippen molar-refractivity contribution in [3.8, 4) is 11.5 Å². The summed E-state index contributed by atoms with van der Waals surface area (Å²) in [4.78, 5) is 27.5. The number of nitrogens with one attached hydrogen (secondary N) is 1. The van der Waals surface area contributed by atoms with Gasteiger partial charge in [0.15, 0.2) is 10.9 Å². The number of thioether (sulfide) groups is 1. The van der Waals surface area contributed by atoms with Crippen LogP contribution in [0.1, 0.15) is 11.1 Å². The van der Waals surface area contributed by atoms with E-state index in [0.29, 0.717) is 47.4 Å². The Morgan fingerprint density at radius 3 is 2.41 bits per heavy atom. The van der Waals surface area contributed by atoms with Gasteiger partial charge in [0.05, 0.1) is 35.0 Å². The number of rotatable bonds is 5. The number of nitro groups is 1. The van der Waals surface area contributed by atoms with E-state index in [2.05, 4.69) is 42.2 Å². The maximum absolute atomic E-state index is 13.0. The molecule has 14 heteroatoms. The number of amidine groups is 1. The highest BCUT2D eigenvalue weighted by Crippen LogP contribution is 2.43. The molecule has 1 aliphatic heterocycles. The Kier molecular flexibility index (Phi) is 7.97. The Hall–Kier alpha value is -2.87. The standard InChI is InChI=1S/C23H11Br2ClF3N3O4S/c24-13-7-11(9-19-21(33)31-22(37-19)30-16-4-2-1-3-15(16)26)8-14(25)20(13)36-18-6-5-12(23(27,28)29)10-17(18)32(34)35/h1-10H,(H,30,31,33)/b19-9+. The zero-order chi connectivity index (χ0) is 26.9. The molecule has 1 fully saturated rings. The molecule has 0 atom stereocenters. The zero-order valence-electron chi connectivity index (χ0n) is 18.0. The van der Waals surface area contributed by atoms with Crippen molar-refractivity contribution in [3.63, 3.8) is 0 Å². The molecule has 1 heterocycles. The lowest BCUT2D eigenvalue weighted by Crippen LogP contribution is -2.19. The lowest BCUT2D eigenvalue weighted by molar-refractivity contribution is -0.385. The minimum atomic E-state index is -4.75. The van der Waals surface area contributed by atoms with Gasteiger partial charge in [0, 0.05) is 6.07 Å². The number of amides is 1. The van der Waals surface area contributed by atoms with Crippen LogP contribution in [0, 0.1) is 10.1 Å². The van der Waals surface area contributed by atoms with Gasteiger partial charge in [-0.05, 0) is 91.7 Å². The predicted octanol–water partition coefficient (Wildman–Crippen LogP) is 8.48. The lowest BCUT2D eigenvalue weighted by Gasteiger charge is -2.13. The van der Waals surface area contributed by atoms with E-state index in [-0.39, 0.29) is 17.4 Å². The van der Waals surface area contributed by atoms with Crippen LogP contribution in [0.5, 0.6) is 11.5 Å². The summed E-state index contributed by atoms with van der Waals surface area (Å²) in [5, 5.41) is 14.8. The Morgan fingerprint density at radius 2 is 1.78 bits per heavy atom. The Balaban J connectivity index is 1.60. The highest BCUT2D eigenvalue weighted by Gasteiger charge is 2.33. The predicted molar refractivity (Wildman–Crippen MR) is 142 cm³/mol. The van der Waals surface area contributed by atoms with Crippen LogP contribution in [0.3, 0.4) is 0 Å². The van der Waals surface area contributed by atoms with Crippen molar-refractivity contribution in [1.29, 1.82) is 0 Å². The van der Waals surface area contributed by atoms with Crippen molar-refractivity contribution in [2.24, 2.45) is 4.99 Å². The third-order valence-electron chi connectivity index (χ3n) is 4.74. The Labute approximate surface area is 233 Å². The van der Waals surface area contributed by atoms with Crippen LogP contribution in [-0.2, 0) is 11.0 Å². The van der Waals surface area contributed by atoms with Gasteiger partial charge in [-0.25, -0.2) is 4.99 Å². The van der Waals surface area contributed by atoms with Crippen LogP contribution in [0.2, 0.25) is 5.02 Å². The number of carbonyl (C=O) groups excluding carboxylic acids is 1. The maximum atomic E-state index is 13.0. The van der Waals surface area contributed by atoms with E-state index < -0.39 is 22.4 Å². The van der Waals surface area contributed by atoms with E-state index in [1.54, 1.807) is 42.5 Å². The van der Waals surface area contributed by atoms with Crippen molar-refractivity contribution in [2.75, 3.05) is 0 Å². The number of alkyl halides is 3. The second-order valence-corrected chi connectivity index (χ2v) is 10.4. The molecule has 37 heavy (non-hydrogen) atoms. The molecule has 0 unspecified atom stereocenters. The third-order valence-corrected chi connectivity index (χ3v) is 7.15. The molecule has 1 N–H and O–H groups in total. The van der Waals surface area contributed by atoms with Gasteiger partial charge >= 0.3 is 11.9 Å². The minimum Gasteiger partial charge on any atom is -0.448 e. The summed E-state index contributed by atoms with van der Waals surface area (Å²) in [6, 6.07) is 12.1. The molecule has 1 saturated heterocycles. The molecule has 0 saturated carbocycles. The fourth-order valence-electron chi connectivity index (χ4n) is 3.08. The van der Waals surface area contributed by atoms with Crippen LogP contribution in [-0.4, -0.2) is 16.0 Å². The molecule has 0 spiro atoms. The van der Waals surface area contributed by atoms with Crippen LogP contribution < -0.4 is 10.1 Å². The fourth-order valence-corrected chi connectivity index (χ4v) is 5.47. The van der Waals surface area contributed by atoms with E-state index in [4.69, 9.17) is 16.3 Å². The molecule has 1 amide bonds. The molecule has 3 aromatic carbocycles. The highest BCUT2D eigenvalue weighted by atomic mass is 79.9. The summed E-state index contributed by atoms with van der Waals surface area (Å²) >= 11 is 13.8. The maximum Gasteiger partial charge on any atom is 0.416 e. The number of carbonyl (C=O) groups is 1. The smallest absolute Gasteiger partial charge is 0.416 e. The molecule has 190 valence electrons. The van der Waals surface area contributed by atoms with Crippen LogP contribution in [0.15, 0.2) is 73.4 Å². The van der Waals surface area contributed by atoms with Gasteiger partial charge in [0.1, 0.15) is 0 Å². The van der Waals surface area contributed by atoms with Gasteiger partial charge in [-0.3, -0.25) is 14.9 Å². The van der Waals surface area contributed by atoms with Crippen LogP contribution in [0.4, 0.5) is 24.5 Å². The second kappa shape index (κ2) is 10.9. The molecule has 0 aliphatic carbocycles. The molecule has 4 rings (SSSR count). The van der Waals surface area contributed by atoms with E-state index in [0.717, 1.165) is 17.8 Å². The second-order valence-electron chi connectivity index (χ2n) is 7.29. The van der Waals surface area contributed by atoms with Gasteiger partial charge in [0.2, 0.25) is 5.75 Å². The first-order chi connectivity index (χ1) is 17.4. The monoisotopic (exact) mass is 675 g/mol. The number of aliphatic imine (C=N–C) groups is 1. The number of ether oxygens (including phenoxy) is 1. The first-order valence-corrected chi connectivity index (χ1v) is 12.8. The van der Waals surface area contributed by atoms with Crippen molar-refractivity contribution in [2.45, 2.75) is 6.18 Å². The molecule has 1 aliphatic rings. The lowest BCUT2D eigenvalue weighted by atomic mass is 10.1. The quantitative estimate of drug-likeness (QED) is 0.166. The largest absolute Gasteiger partial charge is 0.448 e. The Morgan fingerprint density at radius 1 is 1.11 bits per heavy atom. The van der Waals surface area contributed by atoms with Crippen molar-refractivity contribution in [3.05, 3.63) is 94.7 Å². The molecule has 0 bridgehead atoms. The highest BCUT2D eigenvalue weighted by molar-refractivity contribution is 9.11. The van der Waals surface area contributed by atoms with Gasteiger partial charge < -0.3 is 10.1 Å². The number of hydrogen-bond acceptors (Lipinski definition) is 6. The van der Waals surface area contributed by atoms with Crippen LogP contribution in [0.25, 0.3) is 6.08 Å². The molecule has 0 aromatic heterocycles. The summed E-state index contributed by atoms with van der Waals surface area (Å²) < 4.78 is 45.2. The van der Waals surface area contributed by atoms with Crippen LogP contribution >= 0.6 is 55.2 Å². The van der Waals surface area contributed by atoms with Crippen molar-refractivity contribution < 1.29 is 27.6 Å². The first-order valence-electron chi connectivity index (χ1n) is 9.99. The summed E-state index contributed by atoms with van der Waals surface area (Å²) in [5.74, 6) is -0.657. The number of para-hydroxylation sites is 1. The molecule has 3 aromatic rings. The van der Waals surface area contributed by atoms with Gasteiger partial charge in [0.25, 0.3) is 5.91 Å². The fraction of sp³-hybridized carbons (Fsp3) is 0.0435. The first kappa shape index (κ1) is 27.2.